The van der Waals surface area contributed by atoms with E-state index in [0.29, 0.717) is 18.3 Å². The highest BCUT2D eigenvalue weighted by Crippen LogP contribution is 2.08. The molecule has 0 spiro atoms. The summed E-state index contributed by atoms with van der Waals surface area (Å²) in [6, 6.07) is 0.0474. The van der Waals surface area contributed by atoms with Crippen molar-refractivity contribution in [3.05, 3.63) is 12.0 Å². The van der Waals surface area contributed by atoms with Gasteiger partial charge in [-0.25, -0.2) is 18.1 Å². The number of nitrogens with two attached hydrogens (primary N) is 1. The summed E-state index contributed by atoms with van der Waals surface area (Å²) in [6.07, 6.45) is 2.26. The van der Waals surface area contributed by atoms with E-state index in [-0.39, 0.29) is 29.9 Å². The highest BCUT2D eigenvalue weighted by molar-refractivity contribution is 7.89. The number of aryl methyl sites for hydroxylation is 2. The van der Waals surface area contributed by atoms with Crippen LogP contribution in [0.4, 0.5) is 0 Å². The molecule has 0 aromatic carbocycles. The molecule has 24 heavy (non-hydrogen) atoms. The van der Waals surface area contributed by atoms with Crippen molar-refractivity contribution >= 4 is 15.9 Å². The molecule has 9 heteroatoms. The van der Waals surface area contributed by atoms with Crippen molar-refractivity contribution in [3.63, 3.8) is 0 Å². The number of carbonyl (C=O) groups is 1. The van der Waals surface area contributed by atoms with Crippen molar-refractivity contribution in [2.75, 3.05) is 20.1 Å². The van der Waals surface area contributed by atoms with Gasteiger partial charge >= 0.3 is 0 Å². The van der Waals surface area contributed by atoms with Crippen LogP contribution >= 0.6 is 0 Å². The van der Waals surface area contributed by atoms with E-state index in [0.717, 1.165) is 6.42 Å². The van der Waals surface area contributed by atoms with Gasteiger partial charge < -0.3 is 15.2 Å². The lowest BCUT2D eigenvalue weighted by Crippen LogP contribution is -2.36. The number of amides is 1. The third-order valence-electron chi connectivity index (χ3n) is 4.07. The molecule has 1 heterocycles. The molecule has 3 N–H and O–H groups in total. The number of carbonyl (C=O) groups excluding carboxylic acids is 1. The van der Waals surface area contributed by atoms with Crippen LogP contribution in [0.5, 0.6) is 0 Å². The maximum atomic E-state index is 12.1. The third kappa shape index (κ3) is 5.88. The Kier molecular flexibility index (Phi) is 7.37. The van der Waals surface area contributed by atoms with Gasteiger partial charge in [0.05, 0.1) is 0 Å². The molecule has 0 fully saturated rings. The fraction of sp³-hybridized carbons (Fsp3) is 0.733. The predicted molar refractivity (Wildman–Crippen MR) is 92.8 cm³/mol. The average molecular weight is 359 g/mol. The van der Waals surface area contributed by atoms with Gasteiger partial charge in [0.1, 0.15) is 5.82 Å². The largest absolute Gasteiger partial charge is 0.346 e. The number of sulfonamides is 1. The molecule has 1 aromatic heterocycles. The van der Waals surface area contributed by atoms with E-state index >= 15 is 0 Å². The van der Waals surface area contributed by atoms with Crippen LogP contribution in [-0.4, -0.2) is 55.0 Å². The Morgan fingerprint density at radius 3 is 2.58 bits per heavy atom. The Balaban J connectivity index is 2.44. The predicted octanol–water partition coefficient (Wildman–Crippen LogP) is 0.229. The third-order valence-corrected chi connectivity index (χ3v) is 5.40. The number of rotatable bonds is 9. The first-order valence-corrected chi connectivity index (χ1v) is 9.52. The normalized spacial score (nSPS) is 13.3. The minimum Gasteiger partial charge on any atom is -0.346 e. The van der Waals surface area contributed by atoms with Crippen molar-refractivity contribution in [1.29, 1.82) is 0 Å². The SMILES string of the molecule is Cc1nc(S(=O)(=O)NCCC(=O)N(C)CCC(N)C(C)C)cn1C. The molecule has 1 aromatic rings. The van der Waals surface area contributed by atoms with Gasteiger partial charge in [0.2, 0.25) is 5.91 Å². The van der Waals surface area contributed by atoms with Crippen molar-refractivity contribution in [2.45, 2.75) is 44.7 Å². The number of hydrogen-bond donors (Lipinski definition) is 2. The zero-order valence-corrected chi connectivity index (χ0v) is 15.9. The summed E-state index contributed by atoms with van der Waals surface area (Å²) >= 11 is 0. The maximum absolute atomic E-state index is 12.1. The number of hydrogen-bond acceptors (Lipinski definition) is 5. The summed E-state index contributed by atoms with van der Waals surface area (Å²) < 4.78 is 28.3. The lowest BCUT2D eigenvalue weighted by molar-refractivity contribution is -0.129. The van der Waals surface area contributed by atoms with Crippen molar-refractivity contribution < 1.29 is 13.2 Å². The Morgan fingerprint density at radius 1 is 1.46 bits per heavy atom. The van der Waals surface area contributed by atoms with Crippen LogP contribution in [0.1, 0.15) is 32.5 Å². The second kappa shape index (κ2) is 8.59. The Morgan fingerprint density at radius 2 is 2.08 bits per heavy atom. The van der Waals surface area contributed by atoms with Crippen LogP contribution in [0.15, 0.2) is 11.2 Å². The van der Waals surface area contributed by atoms with Gasteiger partial charge in [-0.1, -0.05) is 13.8 Å². The number of nitrogens with one attached hydrogen (secondary N) is 1. The second-order valence-corrected chi connectivity index (χ2v) is 8.11. The fourth-order valence-electron chi connectivity index (χ4n) is 2.01. The first-order chi connectivity index (χ1) is 11.0. The van der Waals surface area contributed by atoms with Crippen LogP contribution in [-0.2, 0) is 21.9 Å². The van der Waals surface area contributed by atoms with Crippen molar-refractivity contribution in [1.82, 2.24) is 19.2 Å². The van der Waals surface area contributed by atoms with Crippen molar-refractivity contribution in [3.8, 4) is 0 Å². The van der Waals surface area contributed by atoms with Gasteiger partial charge in [-0.05, 0) is 19.3 Å². The molecule has 1 atom stereocenters. The fourth-order valence-corrected chi connectivity index (χ4v) is 3.08. The van der Waals surface area contributed by atoms with E-state index < -0.39 is 10.0 Å². The molecule has 1 unspecified atom stereocenters. The smallest absolute Gasteiger partial charge is 0.259 e. The minimum absolute atomic E-state index is 0.0359. The van der Waals surface area contributed by atoms with E-state index in [4.69, 9.17) is 5.73 Å². The minimum atomic E-state index is -3.69. The summed E-state index contributed by atoms with van der Waals surface area (Å²) in [7, 11) is -0.269. The lowest BCUT2D eigenvalue weighted by atomic mass is 10.0. The first-order valence-electron chi connectivity index (χ1n) is 8.03. The van der Waals surface area contributed by atoms with Gasteiger partial charge in [-0.3, -0.25) is 4.79 Å². The van der Waals surface area contributed by atoms with Crippen molar-refractivity contribution in [2.24, 2.45) is 18.7 Å². The Hall–Kier alpha value is -1.45. The molecule has 8 nitrogen and oxygen atoms in total. The Bertz CT molecular complexity index is 635. The van der Waals surface area contributed by atoms with E-state index in [1.54, 1.807) is 30.5 Å². The monoisotopic (exact) mass is 359 g/mol. The lowest BCUT2D eigenvalue weighted by Gasteiger charge is -2.21. The summed E-state index contributed by atoms with van der Waals surface area (Å²) in [4.78, 5) is 17.6. The molecule has 1 amide bonds. The zero-order valence-electron chi connectivity index (χ0n) is 15.1. The number of nitrogens with zero attached hydrogens (tertiary/aromatic N) is 3. The molecule has 0 aliphatic carbocycles. The topological polar surface area (TPSA) is 110 Å². The van der Waals surface area contributed by atoms with E-state index in [9.17, 15) is 13.2 Å². The van der Waals surface area contributed by atoms with E-state index in [1.807, 2.05) is 13.8 Å². The summed E-state index contributed by atoms with van der Waals surface area (Å²) in [5.74, 6) is 0.848. The molecule has 0 aliphatic rings. The first kappa shape index (κ1) is 20.6. The molecule has 0 saturated heterocycles. The van der Waals surface area contributed by atoms with Gasteiger partial charge in [0.25, 0.3) is 10.0 Å². The standard InChI is InChI=1S/C15H29N5O3S/c1-11(2)13(16)7-9-19(4)15(21)6-8-17-24(22,23)14-10-20(5)12(3)18-14/h10-11,13,17H,6-9,16H2,1-5H3. The van der Waals surface area contributed by atoms with E-state index in [1.165, 1.54) is 6.20 Å². The zero-order chi connectivity index (χ0) is 18.5. The van der Waals surface area contributed by atoms with Gasteiger partial charge in [-0.15, -0.1) is 0 Å². The molecular weight excluding hydrogens is 330 g/mol. The van der Waals surface area contributed by atoms with Gasteiger partial charge in [-0.2, -0.15) is 0 Å². The van der Waals surface area contributed by atoms with E-state index in [2.05, 4.69) is 9.71 Å². The highest BCUT2D eigenvalue weighted by atomic mass is 32.2. The molecule has 0 bridgehead atoms. The van der Waals surface area contributed by atoms with Crippen LogP contribution in [0, 0.1) is 12.8 Å². The molecule has 0 saturated carbocycles. The Labute approximate surface area is 144 Å². The molecular formula is C15H29N5O3S. The van der Waals surface area contributed by atoms with Crippen LogP contribution in [0.25, 0.3) is 0 Å². The summed E-state index contributed by atoms with van der Waals surface area (Å²) in [5.41, 5.74) is 5.96. The molecule has 1 rings (SSSR count). The summed E-state index contributed by atoms with van der Waals surface area (Å²) in [6.45, 7) is 6.41. The summed E-state index contributed by atoms with van der Waals surface area (Å²) in [5, 5.41) is -0.0359. The van der Waals surface area contributed by atoms with Crippen LogP contribution in [0.3, 0.4) is 0 Å². The maximum Gasteiger partial charge on any atom is 0.259 e. The second-order valence-electron chi connectivity index (χ2n) is 6.40. The quantitative estimate of drug-likeness (QED) is 0.656. The average Bonchev–Trinajstić information content (AvgIpc) is 2.84. The van der Waals surface area contributed by atoms with Gasteiger partial charge in [0, 0.05) is 45.8 Å². The highest BCUT2D eigenvalue weighted by Gasteiger charge is 2.19. The molecule has 0 aliphatic heterocycles. The molecule has 0 radical (unpaired) electrons. The molecule has 138 valence electrons. The van der Waals surface area contributed by atoms with Crippen LogP contribution < -0.4 is 10.5 Å². The number of imidazole rings is 1. The number of aromatic nitrogens is 2. The van der Waals surface area contributed by atoms with Crippen LogP contribution in [0.2, 0.25) is 0 Å². The van der Waals surface area contributed by atoms with Gasteiger partial charge in [0.15, 0.2) is 5.03 Å².